The minimum Gasteiger partial charge on any atom is -0.497 e. The van der Waals surface area contributed by atoms with E-state index in [1.165, 1.54) is 4.90 Å². The molecule has 2 heterocycles. The van der Waals surface area contributed by atoms with E-state index in [2.05, 4.69) is 22.0 Å². The predicted molar refractivity (Wildman–Crippen MR) is 103 cm³/mol. The van der Waals surface area contributed by atoms with Gasteiger partial charge in [-0.05, 0) is 30.3 Å². The lowest BCUT2D eigenvalue weighted by atomic mass is 10.2. The molecule has 1 amide bonds. The number of rotatable bonds is 5. The average Bonchev–Trinajstić information content (AvgIpc) is 3.07. The van der Waals surface area contributed by atoms with E-state index < -0.39 is 0 Å². The standard InChI is InChI=1S/C20H20N2O3S/c1-24-15-6-7-17(25-2)14(10-15)12-21-20(23)16-11-13-4-3-5-18-19(13)22(16)8-9-26-18/h3-7,10-11H,8-9,12H2,1-2H3,(H,21,23). The van der Waals surface area contributed by atoms with Gasteiger partial charge in [-0.15, -0.1) is 11.8 Å². The van der Waals surface area contributed by atoms with Gasteiger partial charge >= 0.3 is 0 Å². The highest BCUT2D eigenvalue weighted by molar-refractivity contribution is 7.99. The highest BCUT2D eigenvalue weighted by atomic mass is 32.2. The molecule has 0 atom stereocenters. The van der Waals surface area contributed by atoms with Crippen molar-refractivity contribution in [1.29, 1.82) is 0 Å². The van der Waals surface area contributed by atoms with Gasteiger partial charge in [0.05, 0.1) is 19.7 Å². The fraction of sp³-hybridized carbons (Fsp3) is 0.250. The van der Waals surface area contributed by atoms with E-state index in [1.54, 1.807) is 14.2 Å². The van der Waals surface area contributed by atoms with Gasteiger partial charge in [0.2, 0.25) is 0 Å². The molecule has 0 radical (unpaired) electrons. The molecule has 0 fully saturated rings. The molecule has 26 heavy (non-hydrogen) atoms. The Labute approximate surface area is 156 Å². The predicted octanol–water partition coefficient (Wildman–Crippen LogP) is 3.69. The fourth-order valence-corrected chi connectivity index (χ4v) is 4.39. The fourth-order valence-electron chi connectivity index (χ4n) is 3.36. The number of amides is 1. The number of aromatic nitrogens is 1. The Hall–Kier alpha value is -2.60. The van der Waals surface area contributed by atoms with Crippen LogP contribution in [0.4, 0.5) is 0 Å². The molecular weight excluding hydrogens is 348 g/mol. The van der Waals surface area contributed by atoms with Gasteiger partial charge < -0.3 is 19.4 Å². The summed E-state index contributed by atoms with van der Waals surface area (Å²) in [6.45, 7) is 1.22. The molecule has 0 aliphatic carbocycles. The van der Waals surface area contributed by atoms with Crippen molar-refractivity contribution >= 4 is 28.6 Å². The quantitative estimate of drug-likeness (QED) is 0.746. The normalized spacial score (nSPS) is 12.8. The van der Waals surface area contributed by atoms with Crippen molar-refractivity contribution in [3.05, 3.63) is 53.7 Å². The number of para-hydroxylation sites is 1. The Bertz CT molecular complexity index is 981. The van der Waals surface area contributed by atoms with Gasteiger partial charge in [0.15, 0.2) is 0 Å². The van der Waals surface area contributed by atoms with Crippen molar-refractivity contribution in [2.24, 2.45) is 0 Å². The van der Waals surface area contributed by atoms with Crippen molar-refractivity contribution in [2.75, 3.05) is 20.0 Å². The second-order valence-electron chi connectivity index (χ2n) is 6.08. The summed E-state index contributed by atoms with van der Waals surface area (Å²) in [6.07, 6.45) is 0. The van der Waals surface area contributed by atoms with Crippen LogP contribution in [0.3, 0.4) is 0 Å². The second-order valence-corrected chi connectivity index (χ2v) is 7.22. The third-order valence-electron chi connectivity index (χ3n) is 4.62. The van der Waals surface area contributed by atoms with E-state index in [1.807, 2.05) is 42.1 Å². The van der Waals surface area contributed by atoms with Crippen molar-refractivity contribution in [3.8, 4) is 11.5 Å². The number of nitrogens with one attached hydrogen (secondary N) is 1. The molecule has 1 aliphatic rings. The van der Waals surface area contributed by atoms with Crippen LogP contribution in [0.1, 0.15) is 16.1 Å². The van der Waals surface area contributed by atoms with Crippen LogP contribution in [0.25, 0.3) is 10.9 Å². The molecular formula is C20H20N2O3S. The number of nitrogens with zero attached hydrogens (tertiary/aromatic N) is 1. The third kappa shape index (κ3) is 2.90. The molecule has 0 spiro atoms. The lowest BCUT2D eigenvalue weighted by molar-refractivity contribution is 0.0942. The van der Waals surface area contributed by atoms with Crippen LogP contribution in [0, 0.1) is 0 Å². The van der Waals surface area contributed by atoms with Crippen LogP contribution in [0.15, 0.2) is 47.4 Å². The van der Waals surface area contributed by atoms with E-state index in [4.69, 9.17) is 9.47 Å². The van der Waals surface area contributed by atoms with Gasteiger partial charge in [-0.3, -0.25) is 4.79 Å². The van der Waals surface area contributed by atoms with Gasteiger partial charge in [0, 0.05) is 34.7 Å². The summed E-state index contributed by atoms with van der Waals surface area (Å²) in [7, 11) is 3.24. The molecule has 0 unspecified atom stereocenters. The highest BCUT2D eigenvalue weighted by Gasteiger charge is 2.20. The van der Waals surface area contributed by atoms with Crippen LogP contribution in [0.2, 0.25) is 0 Å². The van der Waals surface area contributed by atoms with Crippen molar-refractivity contribution in [1.82, 2.24) is 9.88 Å². The summed E-state index contributed by atoms with van der Waals surface area (Å²) >= 11 is 1.84. The molecule has 1 N–H and O–H groups in total. The Balaban J connectivity index is 1.60. The van der Waals surface area contributed by atoms with Gasteiger partial charge in [0.1, 0.15) is 17.2 Å². The first-order chi connectivity index (χ1) is 12.7. The van der Waals surface area contributed by atoms with Crippen LogP contribution in [0.5, 0.6) is 11.5 Å². The van der Waals surface area contributed by atoms with Crippen molar-refractivity contribution in [2.45, 2.75) is 18.0 Å². The molecule has 1 aromatic heterocycles. The molecule has 1 aliphatic heterocycles. The first kappa shape index (κ1) is 16.8. The molecule has 0 saturated heterocycles. The van der Waals surface area contributed by atoms with E-state index in [-0.39, 0.29) is 5.91 Å². The van der Waals surface area contributed by atoms with Gasteiger partial charge in [-0.2, -0.15) is 0 Å². The van der Waals surface area contributed by atoms with Crippen LogP contribution < -0.4 is 14.8 Å². The summed E-state index contributed by atoms with van der Waals surface area (Å²) in [5.41, 5.74) is 2.74. The first-order valence-electron chi connectivity index (χ1n) is 8.45. The van der Waals surface area contributed by atoms with Crippen LogP contribution in [-0.4, -0.2) is 30.4 Å². The number of hydrogen-bond acceptors (Lipinski definition) is 4. The molecule has 6 heteroatoms. The van der Waals surface area contributed by atoms with E-state index in [0.29, 0.717) is 12.2 Å². The van der Waals surface area contributed by atoms with E-state index in [9.17, 15) is 4.79 Å². The minimum absolute atomic E-state index is 0.0797. The summed E-state index contributed by atoms with van der Waals surface area (Å²) in [5, 5.41) is 4.13. The SMILES string of the molecule is COc1ccc(OC)c(CNC(=O)c2cc3cccc4c3n2CCS4)c1. The number of methoxy groups -OCH3 is 2. The van der Waals surface area contributed by atoms with Crippen LogP contribution in [-0.2, 0) is 13.1 Å². The zero-order valence-corrected chi connectivity index (χ0v) is 15.6. The largest absolute Gasteiger partial charge is 0.497 e. The number of aryl methyl sites for hydroxylation is 1. The number of carbonyl (C=O) groups excluding carboxylic acids is 1. The minimum atomic E-state index is -0.0797. The van der Waals surface area contributed by atoms with Crippen molar-refractivity contribution < 1.29 is 14.3 Å². The summed E-state index contributed by atoms with van der Waals surface area (Å²) < 4.78 is 12.8. The Kier molecular flexibility index (Phi) is 4.51. The number of benzene rings is 2. The molecule has 134 valence electrons. The molecule has 5 nitrogen and oxygen atoms in total. The lowest BCUT2D eigenvalue weighted by Gasteiger charge is -2.17. The maximum Gasteiger partial charge on any atom is 0.268 e. The zero-order valence-electron chi connectivity index (χ0n) is 14.7. The maximum atomic E-state index is 12.8. The van der Waals surface area contributed by atoms with Gasteiger partial charge in [-0.25, -0.2) is 0 Å². The van der Waals surface area contributed by atoms with E-state index >= 15 is 0 Å². The zero-order chi connectivity index (χ0) is 18.1. The highest BCUT2D eigenvalue weighted by Crippen LogP contribution is 2.34. The Morgan fingerprint density at radius 2 is 2.08 bits per heavy atom. The van der Waals surface area contributed by atoms with Crippen LogP contribution >= 0.6 is 11.8 Å². The summed E-state index contributed by atoms with van der Waals surface area (Å²) in [4.78, 5) is 14.1. The Morgan fingerprint density at radius 1 is 1.19 bits per heavy atom. The average molecular weight is 368 g/mol. The number of carbonyl (C=O) groups is 1. The van der Waals surface area contributed by atoms with Gasteiger partial charge in [0.25, 0.3) is 5.91 Å². The third-order valence-corrected chi connectivity index (χ3v) is 5.64. The molecule has 4 rings (SSSR count). The monoisotopic (exact) mass is 368 g/mol. The summed E-state index contributed by atoms with van der Waals surface area (Å²) in [5.74, 6) is 2.36. The lowest BCUT2D eigenvalue weighted by Crippen LogP contribution is -2.26. The Morgan fingerprint density at radius 3 is 2.88 bits per heavy atom. The molecule has 0 bridgehead atoms. The molecule has 2 aromatic carbocycles. The first-order valence-corrected chi connectivity index (χ1v) is 9.44. The second kappa shape index (κ2) is 6.96. The molecule has 3 aromatic rings. The number of hydrogen-bond donors (Lipinski definition) is 1. The smallest absolute Gasteiger partial charge is 0.268 e. The number of thioether (sulfide) groups is 1. The topological polar surface area (TPSA) is 52.5 Å². The van der Waals surface area contributed by atoms with Crippen molar-refractivity contribution in [3.63, 3.8) is 0 Å². The summed E-state index contributed by atoms with van der Waals surface area (Å²) in [6, 6.07) is 13.8. The number of ether oxygens (including phenoxy) is 2. The maximum absolute atomic E-state index is 12.8. The van der Waals surface area contributed by atoms with E-state index in [0.717, 1.165) is 40.3 Å². The van der Waals surface area contributed by atoms with Gasteiger partial charge in [-0.1, -0.05) is 12.1 Å². The molecule has 0 saturated carbocycles.